The van der Waals surface area contributed by atoms with Crippen molar-refractivity contribution in [2.45, 2.75) is 33.4 Å². The minimum atomic E-state index is -0.737. The van der Waals surface area contributed by atoms with Crippen LogP contribution in [0.15, 0.2) is 77.0 Å². The van der Waals surface area contributed by atoms with Gasteiger partial charge in [0.1, 0.15) is 11.5 Å². The normalized spacial score (nSPS) is 17.3. The van der Waals surface area contributed by atoms with Crippen molar-refractivity contribution in [1.82, 2.24) is 9.88 Å². The third-order valence-electron chi connectivity index (χ3n) is 5.84. The quantitative estimate of drug-likeness (QED) is 0.235. The van der Waals surface area contributed by atoms with Crippen molar-refractivity contribution in [3.05, 3.63) is 99.3 Å². The molecule has 4 rings (SSSR count). The molecule has 1 amide bonds. The number of rotatable bonds is 7. The van der Waals surface area contributed by atoms with Crippen molar-refractivity contribution in [3.8, 4) is 5.75 Å². The number of ether oxygens (including phenoxy) is 1. The van der Waals surface area contributed by atoms with E-state index in [4.69, 9.17) is 4.74 Å². The molecule has 2 heterocycles. The van der Waals surface area contributed by atoms with Gasteiger partial charge in [-0.3, -0.25) is 14.6 Å². The number of hydrogen-bond acceptors (Lipinski definition) is 5. The number of hydrogen-bond donors (Lipinski definition) is 1. The van der Waals surface area contributed by atoms with E-state index in [1.807, 2.05) is 43.3 Å². The number of amides is 1. The Morgan fingerprint density at radius 3 is 2.51 bits per heavy atom. The number of benzene rings is 2. The lowest BCUT2D eigenvalue weighted by molar-refractivity contribution is -0.140. The average Bonchev–Trinajstić information content (AvgIpc) is 3.08. The number of carbonyl (C=O) groups is 2. The summed E-state index contributed by atoms with van der Waals surface area (Å²) < 4.78 is 6.67. The number of aliphatic hydroxyl groups excluding tert-OH is 1. The molecule has 0 radical (unpaired) electrons. The first-order valence-corrected chi connectivity index (χ1v) is 12.2. The van der Waals surface area contributed by atoms with E-state index in [0.29, 0.717) is 23.8 Å². The van der Waals surface area contributed by atoms with Gasteiger partial charge in [-0.15, -0.1) is 0 Å². The highest BCUT2D eigenvalue weighted by atomic mass is 79.9. The Bertz CT molecular complexity index is 1270. The van der Waals surface area contributed by atoms with E-state index in [1.54, 1.807) is 30.6 Å². The highest BCUT2D eigenvalue weighted by molar-refractivity contribution is 9.10. The standard InChI is InChI=1S/C28H27BrN2O4/c1-17(2)16-35-22-10-11-23(18(3)13-22)26(32)24-25(20-6-8-21(29)9-7-20)31(28(34)27(24)33)15-19-5-4-12-30-14-19/h4-14,17,25,32H,15-16H2,1-3H3/b26-24+/t25-/m0/s1. The number of pyridine rings is 1. The smallest absolute Gasteiger partial charge is 0.295 e. The maximum Gasteiger partial charge on any atom is 0.295 e. The van der Waals surface area contributed by atoms with Gasteiger partial charge in [0.05, 0.1) is 18.2 Å². The number of aromatic nitrogens is 1. The van der Waals surface area contributed by atoms with Gasteiger partial charge < -0.3 is 14.7 Å². The number of aliphatic hydroxyl groups is 1. The van der Waals surface area contributed by atoms with E-state index < -0.39 is 17.7 Å². The molecule has 1 aromatic heterocycles. The van der Waals surface area contributed by atoms with Crippen LogP contribution in [0.3, 0.4) is 0 Å². The van der Waals surface area contributed by atoms with Crippen molar-refractivity contribution in [2.75, 3.05) is 6.61 Å². The van der Waals surface area contributed by atoms with Crippen LogP contribution in [0.4, 0.5) is 0 Å². The van der Waals surface area contributed by atoms with Gasteiger partial charge in [0, 0.05) is 29.0 Å². The average molecular weight is 535 g/mol. The summed E-state index contributed by atoms with van der Waals surface area (Å²) in [5, 5.41) is 11.4. The van der Waals surface area contributed by atoms with Gasteiger partial charge in [-0.1, -0.05) is 48.0 Å². The predicted molar refractivity (Wildman–Crippen MR) is 138 cm³/mol. The number of likely N-dealkylation sites (tertiary alicyclic amines) is 1. The zero-order valence-corrected chi connectivity index (χ0v) is 21.5. The van der Waals surface area contributed by atoms with Crippen LogP contribution < -0.4 is 4.74 Å². The summed E-state index contributed by atoms with van der Waals surface area (Å²) in [6.07, 6.45) is 3.32. The second kappa shape index (κ2) is 10.4. The molecule has 0 saturated carbocycles. The topological polar surface area (TPSA) is 79.7 Å². The molecule has 6 nitrogen and oxygen atoms in total. The van der Waals surface area contributed by atoms with Gasteiger partial charge in [0.25, 0.3) is 11.7 Å². The lowest BCUT2D eigenvalue weighted by atomic mass is 9.94. The third-order valence-corrected chi connectivity index (χ3v) is 6.37. The summed E-state index contributed by atoms with van der Waals surface area (Å²) in [5.74, 6) is -0.492. The second-order valence-electron chi connectivity index (χ2n) is 9.02. The summed E-state index contributed by atoms with van der Waals surface area (Å²) in [7, 11) is 0. The largest absolute Gasteiger partial charge is 0.507 e. The van der Waals surface area contributed by atoms with Crippen molar-refractivity contribution in [2.24, 2.45) is 5.92 Å². The molecule has 35 heavy (non-hydrogen) atoms. The van der Waals surface area contributed by atoms with Crippen molar-refractivity contribution in [1.29, 1.82) is 0 Å². The third kappa shape index (κ3) is 5.30. The lowest BCUT2D eigenvalue weighted by Gasteiger charge is -2.25. The lowest BCUT2D eigenvalue weighted by Crippen LogP contribution is -2.29. The van der Waals surface area contributed by atoms with Crippen LogP contribution in [-0.4, -0.2) is 33.3 Å². The van der Waals surface area contributed by atoms with Gasteiger partial charge in [-0.05, 0) is 65.9 Å². The minimum absolute atomic E-state index is 0.0696. The molecule has 1 atom stereocenters. The van der Waals surface area contributed by atoms with Crippen LogP contribution >= 0.6 is 15.9 Å². The van der Waals surface area contributed by atoms with E-state index in [0.717, 1.165) is 21.2 Å². The molecule has 0 unspecified atom stereocenters. The van der Waals surface area contributed by atoms with E-state index in [9.17, 15) is 14.7 Å². The second-order valence-corrected chi connectivity index (χ2v) is 9.94. The highest BCUT2D eigenvalue weighted by Crippen LogP contribution is 2.41. The summed E-state index contributed by atoms with van der Waals surface area (Å²) in [5.41, 5.74) is 2.83. The minimum Gasteiger partial charge on any atom is -0.507 e. The van der Waals surface area contributed by atoms with E-state index >= 15 is 0 Å². The van der Waals surface area contributed by atoms with Crippen LogP contribution in [0.1, 0.15) is 42.1 Å². The maximum atomic E-state index is 13.3. The molecular weight excluding hydrogens is 508 g/mol. The molecule has 0 spiro atoms. The molecular formula is C28H27BrN2O4. The van der Waals surface area contributed by atoms with Crippen molar-refractivity contribution in [3.63, 3.8) is 0 Å². The highest BCUT2D eigenvalue weighted by Gasteiger charge is 2.46. The zero-order valence-electron chi connectivity index (χ0n) is 19.9. The first-order chi connectivity index (χ1) is 16.8. The Morgan fingerprint density at radius 2 is 1.89 bits per heavy atom. The Balaban J connectivity index is 1.79. The van der Waals surface area contributed by atoms with Crippen LogP contribution in [0.5, 0.6) is 5.75 Å². The number of carbonyl (C=O) groups excluding carboxylic acids is 2. The Kier molecular flexibility index (Phi) is 7.36. The number of aryl methyl sites for hydroxylation is 1. The van der Waals surface area contributed by atoms with Crippen LogP contribution in [0.25, 0.3) is 5.76 Å². The molecule has 3 aromatic rings. The molecule has 1 aliphatic heterocycles. The summed E-state index contributed by atoms with van der Waals surface area (Å²) in [4.78, 5) is 32.1. The fraction of sp³-hybridized carbons (Fsp3) is 0.250. The summed E-state index contributed by atoms with van der Waals surface area (Å²) in [6.45, 7) is 6.75. The molecule has 1 fully saturated rings. The van der Waals surface area contributed by atoms with E-state index in [2.05, 4.69) is 34.8 Å². The van der Waals surface area contributed by atoms with Crippen molar-refractivity contribution < 1.29 is 19.4 Å². The van der Waals surface area contributed by atoms with Gasteiger partial charge in [0.15, 0.2) is 0 Å². The Labute approximate surface area is 213 Å². The van der Waals surface area contributed by atoms with Crippen LogP contribution in [-0.2, 0) is 16.1 Å². The maximum absolute atomic E-state index is 13.3. The number of nitrogens with zero attached hydrogens (tertiary/aromatic N) is 2. The first-order valence-electron chi connectivity index (χ1n) is 11.4. The van der Waals surface area contributed by atoms with E-state index in [1.165, 1.54) is 4.90 Å². The van der Waals surface area contributed by atoms with Crippen LogP contribution in [0.2, 0.25) is 0 Å². The van der Waals surface area contributed by atoms with Crippen LogP contribution in [0, 0.1) is 12.8 Å². The summed E-state index contributed by atoms with van der Waals surface area (Å²) >= 11 is 3.44. The van der Waals surface area contributed by atoms with E-state index in [-0.39, 0.29) is 17.9 Å². The Hall–Kier alpha value is -3.45. The van der Waals surface area contributed by atoms with Gasteiger partial charge in [0.2, 0.25) is 0 Å². The van der Waals surface area contributed by atoms with Gasteiger partial charge >= 0.3 is 0 Å². The molecule has 0 aliphatic carbocycles. The molecule has 1 saturated heterocycles. The zero-order chi connectivity index (χ0) is 25.1. The Morgan fingerprint density at radius 1 is 1.14 bits per heavy atom. The van der Waals surface area contributed by atoms with Gasteiger partial charge in [-0.2, -0.15) is 0 Å². The number of ketones is 1. The fourth-order valence-electron chi connectivity index (χ4n) is 4.12. The SMILES string of the molecule is Cc1cc(OCC(C)C)ccc1/C(O)=C1\C(=O)C(=O)N(Cc2cccnc2)[C@H]1c1ccc(Br)cc1. The molecule has 1 N–H and O–H groups in total. The summed E-state index contributed by atoms with van der Waals surface area (Å²) in [6, 6.07) is 15.6. The number of halogens is 1. The fourth-order valence-corrected chi connectivity index (χ4v) is 4.39. The molecule has 180 valence electrons. The predicted octanol–water partition coefficient (Wildman–Crippen LogP) is 5.81. The molecule has 1 aliphatic rings. The number of Topliss-reactive ketones (excluding diaryl/α,β-unsaturated/α-hetero) is 1. The molecule has 2 aromatic carbocycles. The van der Waals surface area contributed by atoms with Gasteiger partial charge in [-0.25, -0.2) is 0 Å². The molecule has 7 heteroatoms. The van der Waals surface area contributed by atoms with Crippen molar-refractivity contribution >= 4 is 33.4 Å². The monoisotopic (exact) mass is 534 g/mol. The first kappa shape index (κ1) is 24.7. The molecule has 0 bridgehead atoms.